The number of ether oxygens (including phenoxy) is 1. The molecule has 0 atom stereocenters. The first kappa shape index (κ1) is 10.4. The maximum atomic E-state index is 13.2. The number of anilines is 1. The smallest absolute Gasteiger partial charge is 0.165 e. The van der Waals surface area contributed by atoms with E-state index in [1.807, 2.05) is 0 Å². The van der Waals surface area contributed by atoms with Gasteiger partial charge in [0.15, 0.2) is 17.3 Å². The van der Waals surface area contributed by atoms with Crippen LogP contribution in [0.1, 0.15) is 0 Å². The van der Waals surface area contributed by atoms with E-state index in [0.717, 1.165) is 6.07 Å². The molecule has 0 bridgehead atoms. The van der Waals surface area contributed by atoms with Gasteiger partial charge in [-0.2, -0.15) is 0 Å². The third-order valence-electron chi connectivity index (χ3n) is 2.03. The largest absolute Gasteiger partial charge is 0.452 e. The summed E-state index contributed by atoms with van der Waals surface area (Å²) in [6.45, 7) is 0. The number of nitrogen functional groups attached to an aromatic ring is 1. The van der Waals surface area contributed by atoms with Crippen molar-refractivity contribution >= 4 is 5.69 Å². The predicted molar refractivity (Wildman–Crippen MR) is 57.3 cm³/mol. The number of hydrogen-bond acceptors (Lipinski definition) is 2. The van der Waals surface area contributed by atoms with Gasteiger partial charge in [0, 0.05) is 6.07 Å². The van der Waals surface area contributed by atoms with Crippen LogP contribution in [0, 0.1) is 11.6 Å². The molecule has 0 radical (unpaired) electrons. The zero-order chi connectivity index (χ0) is 11.5. The van der Waals surface area contributed by atoms with Crippen molar-refractivity contribution in [1.29, 1.82) is 0 Å². The van der Waals surface area contributed by atoms with E-state index >= 15 is 0 Å². The monoisotopic (exact) mass is 221 g/mol. The Labute approximate surface area is 91.3 Å². The topological polar surface area (TPSA) is 35.2 Å². The highest BCUT2D eigenvalue weighted by atomic mass is 19.1. The zero-order valence-corrected chi connectivity index (χ0v) is 8.28. The van der Waals surface area contributed by atoms with Crippen LogP contribution >= 0.6 is 0 Å². The zero-order valence-electron chi connectivity index (χ0n) is 8.28. The number of rotatable bonds is 2. The summed E-state index contributed by atoms with van der Waals surface area (Å²) >= 11 is 0. The molecule has 0 aliphatic rings. The van der Waals surface area contributed by atoms with Crippen LogP contribution in [0.25, 0.3) is 0 Å². The van der Waals surface area contributed by atoms with Crippen LogP contribution in [0.5, 0.6) is 11.5 Å². The SMILES string of the molecule is Nc1cc(F)ccc1Oc1ccccc1F. The normalized spacial score (nSPS) is 10.1. The van der Waals surface area contributed by atoms with E-state index in [1.165, 1.54) is 24.3 Å². The molecule has 0 heterocycles. The minimum absolute atomic E-state index is 0.0563. The van der Waals surface area contributed by atoms with Crippen molar-refractivity contribution in [3.8, 4) is 11.5 Å². The maximum absolute atomic E-state index is 13.2. The van der Waals surface area contributed by atoms with Crippen molar-refractivity contribution < 1.29 is 13.5 Å². The Bertz CT molecular complexity index is 514. The molecule has 0 aromatic heterocycles. The van der Waals surface area contributed by atoms with E-state index in [9.17, 15) is 8.78 Å². The molecular formula is C12H9F2NO. The molecule has 0 spiro atoms. The van der Waals surface area contributed by atoms with Crippen molar-refractivity contribution in [3.63, 3.8) is 0 Å². The van der Waals surface area contributed by atoms with Gasteiger partial charge in [-0.05, 0) is 24.3 Å². The fourth-order valence-electron chi connectivity index (χ4n) is 1.26. The van der Waals surface area contributed by atoms with E-state index in [4.69, 9.17) is 10.5 Å². The molecule has 0 amide bonds. The van der Waals surface area contributed by atoms with Gasteiger partial charge in [-0.3, -0.25) is 0 Å². The highest BCUT2D eigenvalue weighted by Gasteiger charge is 2.06. The Morgan fingerprint density at radius 1 is 0.938 bits per heavy atom. The molecule has 0 aliphatic carbocycles. The van der Waals surface area contributed by atoms with Gasteiger partial charge in [-0.1, -0.05) is 12.1 Å². The average Bonchev–Trinajstić information content (AvgIpc) is 2.25. The molecule has 4 heteroatoms. The molecule has 2 aromatic rings. The molecule has 16 heavy (non-hydrogen) atoms. The quantitative estimate of drug-likeness (QED) is 0.789. The molecule has 0 fully saturated rings. The average molecular weight is 221 g/mol. The van der Waals surface area contributed by atoms with Gasteiger partial charge < -0.3 is 10.5 Å². The summed E-state index contributed by atoms with van der Waals surface area (Å²) < 4.78 is 31.2. The van der Waals surface area contributed by atoms with Crippen molar-refractivity contribution in [2.24, 2.45) is 0 Å². The summed E-state index contributed by atoms with van der Waals surface area (Å²) in [6, 6.07) is 9.61. The number of benzene rings is 2. The second-order valence-corrected chi connectivity index (χ2v) is 3.21. The third kappa shape index (κ3) is 2.11. The van der Waals surface area contributed by atoms with Crippen molar-refractivity contribution in [1.82, 2.24) is 0 Å². The fourth-order valence-corrected chi connectivity index (χ4v) is 1.26. The highest BCUT2D eigenvalue weighted by Crippen LogP contribution is 2.29. The summed E-state index contributed by atoms with van der Waals surface area (Å²) in [6.07, 6.45) is 0. The van der Waals surface area contributed by atoms with Crippen LogP contribution in [0.15, 0.2) is 42.5 Å². The Hall–Kier alpha value is -2.10. The lowest BCUT2D eigenvalue weighted by atomic mass is 10.3. The van der Waals surface area contributed by atoms with Crippen LogP contribution in [0.2, 0.25) is 0 Å². The first-order valence-corrected chi connectivity index (χ1v) is 4.64. The summed E-state index contributed by atoms with van der Waals surface area (Å²) in [4.78, 5) is 0. The summed E-state index contributed by atoms with van der Waals surface area (Å²) in [5.74, 6) is -0.670. The summed E-state index contributed by atoms with van der Waals surface area (Å²) in [5, 5.41) is 0. The van der Waals surface area contributed by atoms with E-state index in [-0.39, 0.29) is 17.2 Å². The summed E-state index contributed by atoms with van der Waals surface area (Å²) in [7, 11) is 0. The molecular weight excluding hydrogens is 212 g/mol. The van der Waals surface area contributed by atoms with E-state index in [0.29, 0.717) is 0 Å². The Kier molecular flexibility index (Phi) is 2.72. The number of halogens is 2. The van der Waals surface area contributed by atoms with Crippen LogP contribution in [0.3, 0.4) is 0 Å². The first-order valence-electron chi connectivity index (χ1n) is 4.64. The Balaban J connectivity index is 2.31. The van der Waals surface area contributed by atoms with E-state index in [1.54, 1.807) is 12.1 Å². The highest BCUT2D eigenvalue weighted by molar-refractivity contribution is 5.53. The van der Waals surface area contributed by atoms with Gasteiger partial charge >= 0.3 is 0 Å². The standard InChI is InChI=1S/C12H9F2NO/c13-8-5-6-12(10(15)7-8)16-11-4-2-1-3-9(11)14/h1-7H,15H2. The molecule has 2 rings (SSSR count). The second kappa shape index (κ2) is 4.18. The van der Waals surface area contributed by atoms with Gasteiger partial charge in [0.05, 0.1) is 5.69 Å². The molecule has 0 unspecified atom stereocenters. The van der Waals surface area contributed by atoms with Gasteiger partial charge in [0.25, 0.3) is 0 Å². The Morgan fingerprint density at radius 3 is 2.38 bits per heavy atom. The number of hydrogen-bond donors (Lipinski definition) is 1. The Morgan fingerprint density at radius 2 is 1.69 bits per heavy atom. The van der Waals surface area contributed by atoms with Crippen LogP contribution in [-0.2, 0) is 0 Å². The predicted octanol–water partition coefficient (Wildman–Crippen LogP) is 3.34. The fraction of sp³-hybridized carbons (Fsp3) is 0. The van der Waals surface area contributed by atoms with Crippen LogP contribution in [-0.4, -0.2) is 0 Å². The van der Waals surface area contributed by atoms with Crippen molar-refractivity contribution in [2.45, 2.75) is 0 Å². The van der Waals surface area contributed by atoms with Crippen molar-refractivity contribution in [2.75, 3.05) is 5.73 Å². The molecule has 0 saturated heterocycles. The third-order valence-corrected chi connectivity index (χ3v) is 2.03. The number of para-hydroxylation sites is 1. The first-order chi connectivity index (χ1) is 7.66. The van der Waals surface area contributed by atoms with Crippen molar-refractivity contribution in [3.05, 3.63) is 54.1 Å². The maximum Gasteiger partial charge on any atom is 0.165 e. The lowest BCUT2D eigenvalue weighted by Crippen LogP contribution is -1.94. The minimum Gasteiger partial charge on any atom is -0.452 e. The van der Waals surface area contributed by atoms with Crippen LogP contribution < -0.4 is 10.5 Å². The molecule has 0 saturated carbocycles. The molecule has 82 valence electrons. The lowest BCUT2D eigenvalue weighted by Gasteiger charge is -2.08. The van der Waals surface area contributed by atoms with Crippen LogP contribution in [0.4, 0.5) is 14.5 Å². The minimum atomic E-state index is -0.494. The van der Waals surface area contributed by atoms with Gasteiger partial charge in [0.1, 0.15) is 5.82 Å². The summed E-state index contributed by atoms with van der Waals surface area (Å²) in [5.41, 5.74) is 5.66. The molecule has 2 nitrogen and oxygen atoms in total. The van der Waals surface area contributed by atoms with Gasteiger partial charge in [0.2, 0.25) is 0 Å². The number of nitrogens with two attached hydrogens (primary N) is 1. The molecule has 2 aromatic carbocycles. The second-order valence-electron chi connectivity index (χ2n) is 3.21. The van der Waals surface area contributed by atoms with Gasteiger partial charge in [-0.25, -0.2) is 8.78 Å². The molecule has 0 aliphatic heterocycles. The molecule has 2 N–H and O–H groups in total. The lowest BCUT2D eigenvalue weighted by molar-refractivity contribution is 0.443. The van der Waals surface area contributed by atoms with Gasteiger partial charge in [-0.15, -0.1) is 0 Å². The van der Waals surface area contributed by atoms with E-state index in [2.05, 4.69) is 0 Å². The van der Waals surface area contributed by atoms with E-state index < -0.39 is 11.6 Å².